The Morgan fingerprint density at radius 3 is 2.23 bits per heavy atom. The molecule has 0 heterocycles. The number of nitrogens with one attached hydrogen (secondary N) is 2. The molecule has 0 spiro atoms. The van der Waals surface area contributed by atoms with Crippen molar-refractivity contribution in [1.82, 2.24) is 20.4 Å². The van der Waals surface area contributed by atoms with Crippen molar-refractivity contribution < 1.29 is 9.59 Å². The van der Waals surface area contributed by atoms with Crippen molar-refractivity contribution in [3.8, 4) is 0 Å². The molecule has 2 aliphatic rings. The third-order valence-corrected chi connectivity index (χ3v) is 5.66. The number of guanidine groups is 1. The Bertz CT molecular complexity index is 518. The molecule has 7 nitrogen and oxygen atoms in total. The maximum atomic E-state index is 11.9. The Labute approximate surface area is 157 Å². The Balaban J connectivity index is 1.94. The fourth-order valence-corrected chi connectivity index (χ4v) is 3.96. The summed E-state index contributed by atoms with van der Waals surface area (Å²) >= 11 is 0. The molecule has 0 aliphatic heterocycles. The van der Waals surface area contributed by atoms with Crippen LogP contribution in [0, 0.1) is 11.8 Å². The first-order valence-electron chi connectivity index (χ1n) is 9.82. The van der Waals surface area contributed by atoms with Crippen molar-refractivity contribution in [1.29, 1.82) is 0 Å². The normalized spacial score (nSPS) is 25.8. The van der Waals surface area contributed by atoms with Crippen molar-refractivity contribution in [2.24, 2.45) is 16.8 Å². The molecule has 0 aromatic heterocycles. The number of hydrogen-bond donors (Lipinski definition) is 2. The largest absolute Gasteiger partial charge is 0.354 e. The Hall–Kier alpha value is -1.79. The van der Waals surface area contributed by atoms with Crippen LogP contribution in [0.4, 0.5) is 0 Å². The molecule has 2 N–H and O–H groups in total. The van der Waals surface area contributed by atoms with E-state index in [0.717, 1.165) is 24.7 Å². The molecule has 2 fully saturated rings. The van der Waals surface area contributed by atoms with Gasteiger partial charge >= 0.3 is 0 Å². The Morgan fingerprint density at radius 1 is 0.923 bits per heavy atom. The number of likely N-dealkylation sites (N-methyl/N-ethyl adjacent to an activating group) is 2. The molecule has 0 saturated heterocycles. The zero-order chi connectivity index (χ0) is 19.1. The maximum Gasteiger partial charge on any atom is 0.243 e. The van der Waals surface area contributed by atoms with Crippen LogP contribution in [0.2, 0.25) is 0 Å². The quantitative estimate of drug-likeness (QED) is 0.564. The number of fused-ring (bicyclic) bond motifs is 1. The molecule has 148 valence electrons. The minimum Gasteiger partial charge on any atom is -0.354 e. The van der Waals surface area contributed by atoms with Gasteiger partial charge < -0.3 is 20.4 Å². The van der Waals surface area contributed by atoms with Crippen molar-refractivity contribution in [3.63, 3.8) is 0 Å². The average Bonchev–Trinajstić information content (AvgIpc) is 2.62. The van der Waals surface area contributed by atoms with Gasteiger partial charge in [0.15, 0.2) is 5.96 Å². The average molecular weight is 366 g/mol. The molecular weight excluding hydrogens is 330 g/mol. The third kappa shape index (κ3) is 6.18. The van der Waals surface area contributed by atoms with Gasteiger partial charge in [-0.05, 0) is 31.1 Å². The van der Waals surface area contributed by atoms with Crippen molar-refractivity contribution >= 4 is 17.8 Å². The summed E-state index contributed by atoms with van der Waals surface area (Å²) in [6.07, 6.45) is 9.00. The van der Waals surface area contributed by atoms with Crippen LogP contribution < -0.4 is 10.6 Å². The lowest BCUT2D eigenvalue weighted by Gasteiger charge is -2.39. The molecule has 26 heavy (non-hydrogen) atoms. The van der Waals surface area contributed by atoms with E-state index < -0.39 is 0 Å². The van der Waals surface area contributed by atoms with Gasteiger partial charge in [0.2, 0.25) is 11.8 Å². The molecule has 3 unspecified atom stereocenters. The lowest BCUT2D eigenvalue weighted by atomic mass is 9.69. The molecule has 0 radical (unpaired) electrons. The first-order chi connectivity index (χ1) is 12.4. The molecule has 7 heteroatoms. The van der Waals surface area contributed by atoms with Crippen molar-refractivity contribution in [2.75, 3.05) is 41.3 Å². The van der Waals surface area contributed by atoms with Gasteiger partial charge in [0.05, 0.1) is 6.54 Å². The molecule has 0 bridgehead atoms. The molecule has 0 aromatic rings. The molecule has 2 aliphatic carbocycles. The number of nitrogens with zero attached hydrogens (tertiary/aromatic N) is 3. The van der Waals surface area contributed by atoms with E-state index in [9.17, 15) is 9.59 Å². The van der Waals surface area contributed by atoms with Gasteiger partial charge in [-0.1, -0.05) is 25.7 Å². The van der Waals surface area contributed by atoms with E-state index in [4.69, 9.17) is 0 Å². The second kappa shape index (κ2) is 9.78. The summed E-state index contributed by atoms with van der Waals surface area (Å²) in [7, 11) is 6.90. The zero-order valence-corrected chi connectivity index (χ0v) is 16.8. The molecule has 3 atom stereocenters. The molecule has 0 aromatic carbocycles. The third-order valence-electron chi connectivity index (χ3n) is 5.66. The summed E-state index contributed by atoms with van der Waals surface area (Å²) in [5.74, 6) is 2.19. The van der Waals surface area contributed by atoms with Crippen LogP contribution in [0.15, 0.2) is 4.99 Å². The summed E-state index contributed by atoms with van der Waals surface area (Å²) in [5, 5.41) is 6.57. The summed E-state index contributed by atoms with van der Waals surface area (Å²) in [4.78, 5) is 31.2. The maximum absolute atomic E-state index is 11.9. The highest BCUT2D eigenvalue weighted by Gasteiger charge is 2.32. The summed E-state index contributed by atoms with van der Waals surface area (Å²) in [6, 6.07) is 0.365. The highest BCUT2D eigenvalue weighted by atomic mass is 16.2. The van der Waals surface area contributed by atoms with Crippen LogP contribution in [0.5, 0.6) is 0 Å². The predicted octanol–water partition coefficient (Wildman–Crippen LogP) is 1.06. The number of rotatable bonds is 5. The van der Waals surface area contributed by atoms with E-state index in [0.29, 0.717) is 12.0 Å². The van der Waals surface area contributed by atoms with Crippen molar-refractivity contribution in [2.45, 2.75) is 51.0 Å². The Morgan fingerprint density at radius 2 is 1.58 bits per heavy atom. The SMILES string of the molecule is CN(C)C(=O)CN=C(NCC(=O)N(C)C)NC1CCC2CCCCC2C1. The molecule has 2 saturated carbocycles. The van der Waals surface area contributed by atoms with Crippen LogP contribution in [-0.4, -0.2) is 74.9 Å². The van der Waals surface area contributed by atoms with E-state index in [2.05, 4.69) is 15.6 Å². The first-order valence-corrected chi connectivity index (χ1v) is 9.82. The zero-order valence-electron chi connectivity index (χ0n) is 16.8. The highest BCUT2D eigenvalue weighted by molar-refractivity contribution is 5.88. The van der Waals surface area contributed by atoms with Gasteiger partial charge in [0.25, 0.3) is 0 Å². The number of carbonyl (C=O) groups excluding carboxylic acids is 2. The number of hydrogen-bond acceptors (Lipinski definition) is 3. The number of amides is 2. The lowest BCUT2D eigenvalue weighted by molar-refractivity contribution is -0.127. The molecule has 2 amide bonds. The fraction of sp³-hybridized carbons (Fsp3) is 0.842. The number of carbonyl (C=O) groups is 2. The van der Waals surface area contributed by atoms with E-state index >= 15 is 0 Å². The monoisotopic (exact) mass is 365 g/mol. The Kier molecular flexibility index (Phi) is 7.72. The minimum atomic E-state index is -0.0546. The fourth-order valence-electron chi connectivity index (χ4n) is 3.96. The van der Waals surface area contributed by atoms with E-state index in [1.807, 2.05) is 0 Å². The second-order valence-electron chi connectivity index (χ2n) is 8.05. The van der Waals surface area contributed by atoms with Gasteiger partial charge in [0.1, 0.15) is 6.54 Å². The smallest absolute Gasteiger partial charge is 0.243 e. The molecular formula is C19H35N5O2. The van der Waals surface area contributed by atoms with Crippen LogP contribution >= 0.6 is 0 Å². The van der Waals surface area contributed by atoms with Crippen molar-refractivity contribution in [3.05, 3.63) is 0 Å². The second-order valence-corrected chi connectivity index (χ2v) is 8.05. The highest BCUT2D eigenvalue weighted by Crippen LogP contribution is 2.40. The van der Waals surface area contributed by atoms with Gasteiger partial charge in [-0.2, -0.15) is 0 Å². The number of aliphatic imine (C=N–C) groups is 1. The van der Waals surface area contributed by atoms with Gasteiger partial charge in [0, 0.05) is 34.2 Å². The topological polar surface area (TPSA) is 77.0 Å². The van der Waals surface area contributed by atoms with E-state index in [-0.39, 0.29) is 24.9 Å². The predicted molar refractivity (Wildman–Crippen MR) is 104 cm³/mol. The summed E-state index contributed by atoms with van der Waals surface area (Å²) < 4.78 is 0. The van der Waals surface area contributed by atoms with Crippen LogP contribution in [0.3, 0.4) is 0 Å². The lowest BCUT2D eigenvalue weighted by Crippen LogP contribution is -2.49. The molecule has 2 rings (SSSR count). The standard InChI is InChI=1S/C19H35N5O2/c1-23(2)17(25)12-20-19(21-13-18(26)24(3)4)22-16-10-9-14-7-5-6-8-15(14)11-16/h14-16H,5-13H2,1-4H3,(H2,20,21,22). The van der Waals surface area contributed by atoms with Crippen LogP contribution in [0.25, 0.3) is 0 Å². The summed E-state index contributed by atoms with van der Waals surface area (Å²) in [5.41, 5.74) is 0. The van der Waals surface area contributed by atoms with Gasteiger partial charge in [-0.15, -0.1) is 0 Å². The van der Waals surface area contributed by atoms with E-state index in [1.54, 1.807) is 33.1 Å². The van der Waals surface area contributed by atoms with Crippen LogP contribution in [0.1, 0.15) is 44.9 Å². The van der Waals surface area contributed by atoms with Gasteiger partial charge in [-0.25, -0.2) is 4.99 Å². The minimum absolute atomic E-state index is 0.0191. The van der Waals surface area contributed by atoms with Gasteiger partial charge in [-0.3, -0.25) is 9.59 Å². The first kappa shape index (κ1) is 20.5. The summed E-state index contributed by atoms with van der Waals surface area (Å²) in [6.45, 7) is 0.255. The van der Waals surface area contributed by atoms with E-state index in [1.165, 1.54) is 37.0 Å². The van der Waals surface area contributed by atoms with Crippen LogP contribution in [-0.2, 0) is 9.59 Å².